The van der Waals surface area contributed by atoms with Crippen LogP contribution in [0.15, 0.2) is 16.8 Å². The number of hydrogen-bond donors (Lipinski definition) is 0. The van der Waals surface area contributed by atoms with Crippen LogP contribution in [0.25, 0.3) is 0 Å². The molecule has 3 atom stereocenters. The molecule has 0 saturated heterocycles. The van der Waals surface area contributed by atoms with Gasteiger partial charge in [0.25, 0.3) is 0 Å². The van der Waals surface area contributed by atoms with Gasteiger partial charge in [0.1, 0.15) is 0 Å². The second-order valence-electron chi connectivity index (χ2n) is 7.94. The van der Waals surface area contributed by atoms with Crippen molar-refractivity contribution in [1.82, 2.24) is 0 Å². The second kappa shape index (κ2) is 4.24. The van der Waals surface area contributed by atoms with E-state index in [1.54, 1.807) is 11.3 Å². The van der Waals surface area contributed by atoms with E-state index in [1.807, 2.05) is 0 Å². The van der Waals surface area contributed by atoms with E-state index >= 15 is 0 Å². The monoisotopic (exact) mass is 294 g/mol. The van der Waals surface area contributed by atoms with E-state index in [0.29, 0.717) is 16.2 Å². The molecule has 104 valence electrons. The normalized spacial score (nSPS) is 45.6. The highest BCUT2D eigenvalue weighted by atomic mass is 35.5. The van der Waals surface area contributed by atoms with Crippen molar-refractivity contribution in [3.05, 3.63) is 22.4 Å². The van der Waals surface area contributed by atoms with Gasteiger partial charge in [0.2, 0.25) is 0 Å². The minimum atomic E-state index is 0.354. The van der Waals surface area contributed by atoms with Gasteiger partial charge in [-0.15, -0.1) is 11.6 Å². The lowest BCUT2D eigenvalue weighted by molar-refractivity contribution is -0.103. The molecule has 0 aromatic carbocycles. The number of rotatable bonds is 3. The first-order valence-corrected chi connectivity index (χ1v) is 9.10. The first-order chi connectivity index (χ1) is 9.07. The van der Waals surface area contributed by atoms with E-state index in [1.165, 1.54) is 44.1 Å². The van der Waals surface area contributed by atoms with Crippen LogP contribution in [0.4, 0.5) is 0 Å². The fraction of sp³-hybridized carbons (Fsp3) is 0.765. The summed E-state index contributed by atoms with van der Waals surface area (Å²) in [6.07, 6.45) is 9.76. The summed E-state index contributed by atoms with van der Waals surface area (Å²) in [5.74, 6) is 1.96. The van der Waals surface area contributed by atoms with Crippen LogP contribution in [0.2, 0.25) is 0 Å². The van der Waals surface area contributed by atoms with Crippen molar-refractivity contribution in [1.29, 1.82) is 0 Å². The van der Waals surface area contributed by atoms with E-state index in [0.717, 1.165) is 18.3 Å². The fourth-order valence-electron chi connectivity index (χ4n) is 6.00. The maximum Gasteiger partial charge on any atom is 0.0433 e. The third-order valence-electron chi connectivity index (χ3n) is 6.06. The van der Waals surface area contributed by atoms with Crippen LogP contribution in [0, 0.1) is 22.7 Å². The van der Waals surface area contributed by atoms with Crippen molar-refractivity contribution in [2.24, 2.45) is 22.7 Å². The Kier molecular flexibility index (Phi) is 2.84. The topological polar surface area (TPSA) is 0 Å². The van der Waals surface area contributed by atoms with Crippen LogP contribution < -0.4 is 0 Å². The number of alkyl halides is 1. The summed E-state index contributed by atoms with van der Waals surface area (Å²) in [6, 6.07) is 2.25. The molecule has 4 bridgehead atoms. The molecule has 4 aliphatic rings. The van der Waals surface area contributed by atoms with Crippen molar-refractivity contribution in [3.8, 4) is 0 Å². The first-order valence-electron chi connectivity index (χ1n) is 7.72. The highest BCUT2D eigenvalue weighted by molar-refractivity contribution is 7.07. The first kappa shape index (κ1) is 12.7. The molecule has 0 nitrogen and oxygen atoms in total. The molecule has 1 aromatic heterocycles. The summed E-state index contributed by atoms with van der Waals surface area (Å²) in [5, 5.41) is 4.81. The van der Waals surface area contributed by atoms with Crippen LogP contribution in [0.1, 0.15) is 51.0 Å². The average Bonchev–Trinajstić information content (AvgIpc) is 2.78. The minimum Gasteiger partial charge on any atom is -0.152 e. The molecule has 5 rings (SSSR count). The van der Waals surface area contributed by atoms with Crippen LogP contribution in [-0.2, 0) is 6.42 Å². The second-order valence-corrected chi connectivity index (χ2v) is 9.24. The van der Waals surface area contributed by atoms with Crippen LogP contribution in [0.3, 0.4) is 0 Å². The maximum atomic E-state index is 6.96. The van der Waals surface area contributed by atoms with Gasteiger partial charge in [-0.2, -0.15) is 11.3 Å². The minimum absolute atomic E-state index is 0.354. The Labute approximate surface area is 125 Å². The molecule has 2 heteroatoms. The molecule has 0 N–H and O–H groups in total. The molecule has 4 saturated carbocycles. The highest BCUT2D eigenvalue weighted by Crippen LogP contribution is 2.67. The molecule has 1 aromatic rings. The van der Waals surface area contributed by atoms with E-state index in [-0.39, 0.29) is 0 Å². The maximum absolute atomic E-state index is 6.96. The smallest absolute Gasteiger partial charge is 0.0433 e. The van der Waals surface area contributed by atoms with E-state index in [4.69, 9.17) is 11.6 Å². The lowest BCUT2D eigenvalue weighted by atomic mass is 9.44. The molecule has 0 aliphatic heterocycles. The summed E-state index contributed by atoms with van der Waals surface area (Å²) < 4.78 is 0. The summed E-state index contributed by atoms with van der Waals surface area (Å²) in [5.41, 5.74) is 2.53. The van der Waals surface area contributed by atoms with Crippen LogP contribution in [-0.4, -0.2) is 5.38 Å². The van der Waals surface area contributed by atoms with E-state index in [2.05, 4.69) is 23.8 Å². The lowest BCUT2D eigenvalue weighted by Crippen LogP contribution is -2.54. The Morgan fingerprint density at radius 3 is 2.63 bits per heavy atom. The molecule has 4 fully saturated rings. The summed E-state index contributed by atoms with van der Waals surface area (Å²) in [4.78, 5) is 0. The van der Waals surface area contributed by atoms with Gasteiger partial charge < -0.3 is 0 Å². The Hall–Kier alpha value is -0.0100. The zero-order chi connectivity index (χ0) is 13.1. The number of thiophene rings is 1. The molecular formula is C17H23ClS. The van der Waals surface area contributed by atoms with Crippen molar-refractivity contribution in [2.75, 3.05) is 0 Å². The molecular weight excluding hydrogens is 272 g/mol. The molecule has 0 spiro atoms. The standard InChI is InChI=1S/C17H23ClS/c1-16-6-13-4-14(7-16)9-17(8-13,11-16)15(18)5-12-2-3-19-10-12/h2-3,10,13-15H,4-9,11H2,1H3. The highest BCUT2D eigenvalue weighted by Gasteiger charge is 2.57. The van der Waals surface area contributed by atoms with Crippen molar-refractivity contribution in [3.63, 3.8) is 0 Å². The van der Waals surface area contributed by atoms with Crippen molar-refractivity contribution >= 4 is 22.9 Å². The SMILES string of the molecule is CC12CC3CC(C1)CC(C(Cl)Cc1ccsc1)(C3)C2. The van der Waals surface area contributed by atoms with Gasteiger partial charge in [0.15, 0.2) is 0 Å². The third-order valence-corrected chi connectivity index (χ3v) is 7.41. The number of hydrogen-bond acceptors (Lipinski definition) is 1. The Morgan fingerprint density at radius 2 is 2.05 bits per heavy atom. The largest absolute Gasteiger partial charge is 0.152 e. The van der Waals surface area contributed by atoms with Crippen LogP contribution in [0.5, 0.6) is 0 Å². The predicted octanol–water partition coefficient (Wildman–Crippen LogP) is 5.50. The van der Waals surface area contributed by atoms with Gasteiger partial charge in [0.05, 0.1) is 0 Å². The van der Waals surface area contributed by atoms with Gasteiger partial charge in [-0.25, -0.2) is 0 Å². The van der Waals surface area contributed by atoms with E-state index in [9.17, 15) is 0 Å². The average molecular weight is 295 g/mol. The third kappa shape index (κ3) is 2.08. The zero-order valence-electron chi connectivity index (χ0n) is 11.7. The van der Waals surface area contributed by atoms with Gasteiger partial charge in [-0.05, 0) is 90.0 Å². The zero-order valence-corrected chi connectivity index (χ0v) is 13.3. The fourth-order valence-corrected chi connectivity index (χ4v) is 7.11. The van der Waals surface area contributed by atoms with Crippen molar-refractivity contribution < 1.29 is 0 Å². The molecule has 0 radical (unpaired) electrons. The predicted molar refractivity (Wildman–Crippen MR) is 82.9 cm³/mol. The summed E-state index contributed by atoms with van der Waals surface area (Å²) in [6.45, 7) is 2.54. The van der Waals surface area contributed by atoms with Crippen molar-refractivity contribution in [2.45, 2.75) is 57.2 Å². The Morgan fingerprint density at radius 1 is 1.32 bits per heavy atom. The Balaban J connectivity index is 1.59. The lowest BCUT2D eigenvalue weighted by Gasteiger charge is -2.62. The molecule has 3 unspecified atom stereocenters. The Bertz CT molecular complexity index is 450. The van der Waals surface area contributed by atoms with Gasteiger partial charge >= 0.3 is 0 Å². The van der Waals surface area contributed by atoms with Gasteiger partial charge in [0, 0.05) is 5.38 Å². The van der Waals surface area contributed by atoms with Gasteiger partial charge in [-0.1, -0.05) is 6.92 Å². The van der Waals surface area contributed by atoms with E-state index < -0.39 is 0 Å². The number of halogens is 1. The molecule has 0 amide bonds. The molecule has 1 heterocycles. The molecule has 19 heavy (non-hydrogen) atoms. The van der Waals surface area contributed by atoms with Gasteiger partial charge in [-0.3, -0.25) is 0 Å². The summed E-state index contributed by atoms with van der Waals surface area (Å²) in [7, 11) is 0. The van der Waals surface area contributed by atoms with Crippen LogP contribution >= 0.6 is 22.9 Å². The quantitative estimate of drug-likeness (QED) is 0.645. The molecule has 4 aliphatic carbocycles. The summed E-state index contributed by atoms with van der Waals surface area (Å²) >= 11 is 8.76.